The molecule has 0 bridgehead atoms. The first-order chi connectivity index (χ1) is 14.2. The molecule has 0 saturated heterocycles. The highest BCUT2D eigenvalue weighted by Gasteiger charge is 2.08. The first-order valence-electron chi connectivity index (χ1n) is 11.5. The molecule has 0 radical (unpaired) electrons. The highest BCUT2D eigenvalue weighted by atomic mass is 16.5. The average Bonchev–Trinajstić information content (AvgIpc) is 2.71. The summed E-state index contributed by atoms with van der Waals surface area (Å²) in [5.41, 5.74) is 2.76. The molecule has 1 atom stereocenters. The van der Waals surface area contributed by atoms with Crippen molar-refractivity contribution in [3.05, 3.63) is 47.5 Å². The normalized spacial score (nSPS) is 12.2. The number of rotatable bonds is 17. The molecule has 1 aromatic carbocycles. The van der Waals surface area contributed by atoms with E-state index in [0.29, 0.717) is 6.42 Å². The van der Waals surface area contributed by atoms with Gasteiger partial charge >= 0.3 is 5.97 Å². The van der Waals surface area contributed by atoms with Crippen LogP contribution in [0.1, 0.15) is 95.6 Å². The van der Waals surface area contributed by atoms with Gasteiger partial charge in [0, 0.05) is 13.3 Å². The van der Waals surface area contributed by atoms with Crippen molar-refractivity contribution >= 4 is 12.3 Å². The van der Waals surface area contributed by atoms with Gasteiger partial charge in [-0.05, 0) is 62.1 Å². The lowest BCUT2D eigenvalue weighted by atomic mass is 9.98. The van der Waals surface area contributed by atoms with E-state index in [1.807, 2.05) is 0 Å². The van der Waals surface area contributed by atoms with Crippen LogP contribution in [0.2, 0.25) is 0 Å². The molecule has 1 aromatic rings. The first kappa shape index (κ1) is 25.1. The van der Waals surface area contributed by atoms with E-state index >= 15 is 0 Å². The lowest BCUT2D eigenvalue weighted by Gasteiger charge is -2.13. The first-order valence-corrected chi connectivity index (χ1v) is 11.5. The molecule has 0 aliphatic rings. The van der Waals surface area contributed by atoms with Gasteiger partial charge in [0.1, 0.15) is 12.4 Å². The van der Waals surface area contributed by atoms with E-state index in [1.165, 1.54) is 50.2 Å². The maximum atomic E-state index is 11.4. The van der Waals surface area contributed by atoms with Gasteiger partial charge in [-0.3, -0.25) is 4.79 Å². The van der Waals surface area contributed by atoms with E-state index < -0.39 is 0 Å². The highest BCUT2D eigenvalue weighted by molar-refractivity contribution is 5.66. The Balaban J connectivity index is 2.43. The van der Waals surface area contributed by atoms with Gasteiger partial charge in [0.25, 0.3) is 0 Å². The minimum atomic E-state index is -0.202. The largest absolute Gasteiger partial charge is 0.458 e. The molecular formula is C26H40O3. The van der Waals surface area contributed by atoms with Crippen molar-refractivity contribution in [3.63, 3.8) is 0 Å². The van der Waals surface area contributed by atoms with Crippen molar-refractivity contribution in [1.29, 1.82) is 0 Å². The maximum Gasteiger partial charge on any atom is 0.303 e. The molecule has 0 fully saturated rings. The van der Waals surface area contributed by atoms with E-state index in [1.54, 1.807) is 0 Å². The number of unbranched alkanes of at least 4 members (excludes halogenated alkanes) is 7. The Bertz CT molecular complexity index is 591. The zero-order valence-corrected chi connectivity index (χ0v) is 18.5. The van der Waals surface area contributed by atoms with Gasteiger partial charge in [0.2, 0.25) is 0 Å². The fourth-order valence-corrected chi connectivity index (χ4v) is 3.61. The number of hydrogen-bond donors (Lipinski definition) is 0. The van der Waals surface area contributed by atoms with Crippen LogP contribution in [-0.2, 0) is 27.2 Å². The second-order valence-corrected chi connectivity index (χ2v) is 7.85. The monoisotopic (exact) mass is 400 g/mol. The van der Waals surface area contributed by atoms with E-state index in [0.717, 1.165) is 51.2 Å². The van der Waals surface area contributed by atoms with Gasteiger partial charge in [-0.1, -0.05) is 69.4 Å². The van der Waals surface area contributed by atoms with Gasteiger partial charge in [-0.15, -0.1) is 0 Å². The smallest absolute Gasteiger partial charge is 0.303 e. The summed E-state index contributed by atoms with van der Waals surface area (Å²) < 4.78 is 5.48. The van der Waals surface area contributed by atoms with Crippen LogP contribution in [0.5, 0.6) is 0 Å². The number of carbonyl (C=O) groups excluding carboxylic acids is 2. The molecule has 3 nitrogen and oxygen atoms in total. The molecule has 0 aliphatic carbocycles. The Kier molecular flexibility index (Phi) is 14.7. The van der Waals surface area contributed by atoms with Crippen molar-refractivity contribution in [1.82, 2.24) is 0 Å². The summed E-state index contributed by atoms with van der Waals surface area (Å²) in [7, 11) is 0. The lowest BCUT2D eigenvalue weighted by Crippen LogP contribution is -2.13. The molecule has 0 amide bonds. The van der Waals surface area contributed by atoms with Gasteiger partial charge < -0.3 is 9.53 Å². The number of aryl methyl sites for hydroxylation is 2. The van der Waals surface area contributed by atoms with Gasteiger partial charge in [0.15, 0.2) is 0 Å². The third-order valence-electron chi connectivity index (χ3n) is 5.23. The zero-order valence-electron chi connectivity index (χ0n) is 18.5. The van der Waals surface area contributed by atoms with Crippen LogP contribution in [0, 0.1) is 0 Å². The van der Waals surface area contributed by atoms with Crippen molar-refractivity contribution in [2.75, 3.05) is 0 Å². The average molecular weight is 401 g/mol. The summed E-state index contributed by atoms with van der Waals surface area (Å²) in [5, 5.41) is 0. The topological polar surface area (TPSA) is 43.4 Å². The predicted molar refractivity (Wildman–Crippen MR) is 121 cm³/mol. The molecule has 0 spiro atoms. The SMILES string of the molecule is CCCCCCCCC(C=CCCc1ccccc1CCCCC=O)OC(C)=O. The van der Waals surface area contributed by atoms with Crippen LogP contribution in [-0.4, -0.2) is 18.4 Å². The van der Waals surface area contributed by atoms with Gasteiger partial charge in [-0.25, -0.2) is 0 Å². The molecule has 0 aromatic heterocycles. The minimum absolute atomic E-state index is 0.0998. The number of benzene rings is 1. The van der Waals surface area contributed by atoms with Crippen LogP contribution in [0.4, 0.5) is 0 Å². The summed E-state index contributed by atoms with van der Waals surface area (Å²) in [5.74, 6) is -0.202. The molecular weight excluding hydrogens is 360 g/mol. The lowest BCUT2D eigenvalue weighted by molar-refractivity contribution is -0.144. The number of hydrogen-bond acceptors (Lipinski definition) is 3. The van der Waals surface area contributed by atoms with Gasteiger partial charge in [0.05, 0.1) is 0 Å². The summed E-state index contributed by atoms with van der Waals surface area (Å²) in [6.07, 6.45) is 19.1. The van der Waals surface area contributed by atoms with Crippen LogP contribution >= 0.6 is 0 Å². The number of esters is 1. The molecule has 0 N–H and O–H groups in total. The van der Waals surface area contributed by atoms with Crippen molar-refractivity contribution < 1.29 is 14.3 Å². The number of allylic oxidation sites excluding steroid dienone is 1. The second kappa shape index (κ2) is 17.0. The van der Waals surface area contributed by atoms with Crippen LogP contribution in [0.15, 0.2) is 36.4 Å². The number of ether oxygens (including phenoxy) is 1. The Morgan fingerprint density at radius 1 is 0.931 bits per heavy atom. The Labute approximate surface area is 177 Å². The van der Waals surface area contributed by atoms with E-state index in [-0.39, 0.29) is 12.1 Å². The second-order valence-electron chi connectivity index (χ2n) is 7.85. The van der Waals surface area contributed by atoms with Gasteiger partial charge in [-0.2, -0.15) is 0 Å². The van der Waals surface area contributed by atoms with Crippen LogP contribution < -0.4 is 0 Å². The summed E-state index contributed by atoms with van der Waals surface area (Å²) in [4.78, 5) is 21.9. The summed E-state index contributed by atoms with van der Waals surface area (Å²) in [6, 6.07) is 8.57. The molecule has 1 unspecified atom stereocenters. The quantitative estimate of drug-likeness (QED) is 0.125. The van der Waals surface area contributed by atoms with Crippen molar-refractivity contribution in [3.8, 4) is 0 Å². The Morgan fingerprint density at radius 3 is 2.31 bits per heavy atom. The number of carbonyl (C=O) groups is 2. The third-order valence-corrected chi connectivity index (χ3v) is 5.23. The third kappa shape index (κ3) is 13.0. The summed E-state index contributed by atoms with van der Waals surface area (Å²) >= 11 is 0. The fourth-order valence-electron chi connectivity index (χ4n) is 3.61. The Hall–Kier alpha value is -1.90. The fraction of sp³-hybridized carbons (Fsp3) is 0.615. The highest BCUT2D eigenvalue weighted by Crippen LogP contribution is 2.16. The van der Waals surface area contributed by atoms with Crippen molar-refractivity contribution in [2.24, 2.45) is 0 Å². The molecule has 0 saturated carbocycles. The molecule has 29 heavy (non-hydrogen) atoms. The Morgan fingerprint density at radius 2 is 1.62 bits per heavy atom. The van der Waals surface area contributed by atoms with E-state index in [4.69, 9.17) is 4.74 Å². The van der Waals surface area contributed by atoms with E-state index in [2.05, 4.69) is 43.3 Å². The minimum Gasteiger partial charge on any atom is -0.458 e. The number of aldehydes is 1. The molecule has 0 heterocycles. The molecule has 3 heteroatoms. The summed E-state index contributed by atoms with van der Waals surface area (Å²) in [6.45, 7) is 3.72. The zero-order chi connectivity index (χ0) is 21.2. The van der Waals surface area contributed by atoms with Crippen molar-refractivity contribution in [2.45, 2.75) is 103 Å². The molecule has 1 rings (SSSR count). The van der Waals surface area contributed by atoms with Crippen LogP contribution in [0.3, 0.4) is 0 Å². The molecule has 162 valence electrons. The standard InChI is InChI=1S/C26H40O3/c1-3-4-5-6-7-10-20-26(29-23(2)28)21-14-13-19-25-18-12-11-17-24(25)16-9-8-15-22-27/h11-12,14,17-18,21-22,26H,3-10,13,15-16,19-20H2,1-2H3. The van der Waals surface area contributed by atoms with E-state index in [9.17, 15) is 9.59 Å². The molecule has 0 aliphatic heterocycles. The predicted octanol–water partition coefficient (Wildman–Crippen LogP) is 6.77. The van der Waals surface area contributed by atoms with Crippen LogP contribution in [0.25, 0.3) is 0 Å². The maximum absolute atomic E-state index is 11.4.